The summed E-state index contributed by atoms with van der Waals surface area (Å²) in [6, 6.07) is 7.23. The number of rotatable bonds is 7. The Morgan fingerprint density at radius 3 is 2.00 bits per heavy atom. The van der Waals surface area contributed by atoms with Gasteiger partial charge in [-0.2, -0.15) is 0 Å². The van der Waals surface area contributed by atoms with Gasteiger partial charge in [0.1, 0.15) is 5.75 Å². The molecule has 0 fully saturated rings. The third kappa shape index (κ3) is 5.30. The van der Waals surface area contributed by atoms with Gasteiger partial charge in [0.05, 0.1) is 20.3 Å². The van der Waals surface area contributed by atoms with Gasteiger partial charge in [-0.25, -0.2) is 0 Å². The topological polar surface area (TPSA) is 61.8 Å². The maximum atomic E-state index is 11.8. The fraction of sp³-hybridized carbons (Fsp3) is 0.375. The van der Waals surface area contributed by atoms with Crippen LogP contribution in [0.5, 0.6) is 5.75 Å². The minimum atomic E-state index is -1.05. The minimum Gasteiger partial charge on any atom is -0.497 e. The first-order valence-corrected chi connectivity index (χ1v) is 6.77. The molecule has 5 nitrogen and oxygen atoms in total. The van der Waals surface area contributed by atoms with Crippen LogP contribution in [0.4, 0.5) is 0 Å². The van der Waals surface area contributed by atoms with E-state index in [0.717, 1.165) is 11.3 Å². The Morgan fingerprint density at radius 2 is 1.57 bits per heavy atom. The van der Waals surface area contributed by atoms with Crippen LogP contribution >= 0.6 is 0 Å². The molecule has 0 N–H and O–H groups in total. The Balaban J connectivity index is 2.85. The van der Waals surface area contributed by atoms with Crippen molar-refractivity contribution in [2.45, 2.75) is 13.8 Å². The lowest BCUT2D eigenvalue weighted by Crippen LogP contribution is -2.26. The number of hydrogen-bond donors (Lipinski definition) is 0. The molecular weight excluding hydrogens is 272 g/mol. The SMILES string of the molecule is CCOC(=O)C(/C=C/c1ccc(OC)cc1)C(=O)OCC. The van der Waals surface area contributed by atoms with Gasteiger partial charge in [0.2, 0.25) is 0 Å². The van der Waals surface area contributed by atoms with Crippen LogP contribution in [0.15, 0.2) is 30.3 Å². The average Bonchev–Trinajstić information content (AvgIpc) is 2.48. The fourth-order valence-corrected chi connectivity index (χ4v) is 1.64. The van der Waals surface area contributed by atoms with Crippen LogP contribution in [0.3, 0.4) is 0 Å². The highest BCUT2D eigenvalue weighted by molar-refractivity contribution is 5.97. The predicted molar refractivity (Wildman–Crippen MR) is 78.8 cm³/mol. The van der Waals surface area contributed by atoms with E-state index < -0.39 is 17.9 Å². The van der Waals surface area contributed by atoms with Crippen LogP contribution in [-0.4, -0.2) is 32.3 Å². The van der Waals surface area contributed by atoms with Crippen LogP contribution in [0.25, 0.3) is 6.08 Å². The third-order valence-electron chi connectivity index (χ3n) is 2.68. The van der Waals surface area contributed by atoms with E-state index in [1.165, 1.54) is 6.08 Å². The molecule has 1 rings (SSSR count). The third-order valence-corrected chi connectivity index (χ3v) is 2.68. The molecule has 0 spiro atoms. The Bertz CT molecular complexity index is 472. The van der Waals surface area contributed by atoms with Gasteiger partial charge in [-0.15, -0.1) is 0 Å². The Morgan fingerprint density at radius 1 is 1.05 bits per heavy atom. The average molecular weight is 292 g/mol. The maximum absolute atomic E-state index is 11.8. The van der Waals surface area contributed by atoms with E-state index in [0.29, 0.717) is 0 Å². The molecule has 0 amide bonds. The minimum absolute atomic E-state index is 0.213. The molecule has 0 saturated carbocycles. The first kappa shape index (κ1) is 16.8. The zero-order chi connectivity index (χ0) is 15.7. The standard InChI is InChI=1S/C16H20O5/c1-4-20-15(17)14(16(18)21-5-2)11-8-12-6-9-13(19-3)10-7-12/h6-11,14H,4-5H2,1-3H3/b11-8+. The molecule has 0 unspecified atom stereocenters. The highest BCUT2D eigenvalue weighted by atomic mass is 16.6. The summed E-state index contributed by atoms with van der Waals surface area (Å²) in [7, 11) is 1.59. The predicted octanol–water partition coefficient (Wildman–Crippen LogP) is 2.45. The van der Waals surface area contributed by atoms with Crippen LogP contribution in [-0.2, 0) is 19.1 Å². The largest absolute Gasteiger partial charge is 0.497 e. The molecular formula is C16H20O5. The van der Waals surface area contributed by atoms with Gasteiger partial charge in [-0.05, 0) is 31.5 Å². The van der Waals surface area contributed by atoms with E-state index in [9.17, 15) is 9.59 Å². The van der Waals surface area contributed by atoms with Gasteiger partial charge in [-0.3, -0.25) is 9.59 Å². The summed E-state index contributed by atoms with van der Waals surface area (Å²) in [5, 5.41) is 0. The van der Waals surface area contributed by atoms with Crippen molar-refractivity contribution in [3.05, 3.63) is 35.9 Å². The summed E-state index contributed by atoms with van der Waals surface area (Å²) < 4.78 is 14.8. The van der Waals surface area contributed by atoms with E-state index >= 15 is 0 Å². The van der Waals surface area contributed by atoms with Crippen LogP contribution in [0.1, 0.15) is 19.4 Å². The van der Waals surface area contributed by atoms with Gasteiger partial charge >= 0.3 is 11.9 Å². The summed E-state index contributed by atoms with van der Waals surface area (Å²) in [6.45, 7) is 3.80. The first-order valence-electron chi connectivity index (χ1n) is 6.77. The molecule has 114 valence electrons. The summed E-state index contributed by atoms with van der Waals surface area (Å²) in [5.74, 6) is -1.53. The van der Waals surface area contributed by atoms with Crippen molar-refractivity contribution in [3.8, 4) is 5.75 Å². The molecule has 0 aromatic heterocycles. The molecule has 0 aliphatic heterocycles. The number of methoxy groups -OCH3 is 1. The second-order valence-corrected chi connectivity index (χ2v) is 4.11. The molecule has 5 heteroatoms. The number of esters is 2. The zero-order valence-electron chi connectivity index (χ0n) is 12.5. The van der Waals surface area contributed by atoms with Crippen molar-refractivity contribution in [1.82, 2.24) is 0 Å². The van der Waals surface area contributed by atoms with E-state index in [-0.39, 0.29) is 13.2 Å². The van der Waals surface area contributed by atoms with E-state index in [4.69, 9.17) is 14.2 Å². The second-order valence-electron chi connectivity index (χ2n) is 4.11. The van der Waals surface area contributed by atoms with E-state index in [1.54, 1.807) is 39.2 Å². The van der Waals surface area contributed by atoms with Crippen LogP contribution < -0.4 is 4.74 Å². The molecule has 0 saturated heterocycles. The second kappa shape index (κ2) is 8.79. The van der Waals surface area contributed by atoms with E-state index in [1.807, 2.05) is 12.1 Å². The van der Waals surface area contributed by atoms with Crippen molar-refractivity contribution in [1.29, 1.82) is 0 Å². The Hall–Kier alpha value is -2.30. The summed E-state index contributed by atoms with van der Waals surface area (Å²) in [6.07, 6.45) is 3.16. The number of carbonyl (C=O) groups excluding carboxylic acids is 2. The Kier molecular flexibility index (Phi) is 7.01. The monoisotopic (exact) mass is 292 g/mol. The summed E-state index contributed by atoms with van der Waals surface area (Å²) in [4.78, 5) is 23.6. The van der Waals surface area contributed by atoms with Crippen molar-refractivity contribution < 1.29 is 23.8 Å². The molecule has 0 atom stereocenters. The molecule has 0 heterocycles. The number of benzene rings is 1. The lowest BCUT2D eigenvalue weighted by molar-refractivity contribution is -0.158. The molecule has 1 aromatic carbocycles. The lowest BCUT2D eigenvalue weighted by atomic mass is 10.1. The van der Waals surface area contributed by atoms with Crippen molar-refractivity contribution in [3.63, 3.8) is 0 Å². The fourth-order valence-electron chi connectivity index (χ4n) is 1.64. The smallest absolute Gasteiger partial charge is 0.324 e. The highest BCUT2D eigenvalue weighted by Crippen LogP contribution is 2.14. The molecule has 0 radical (unpaired) electrons. The number of ether oxygens (including phenoxy) is 3. The normalized spacial score (nSPS) is 10.7. The summed E-state index contributed by atoms with van der Waals surface area (Å²) >= 11 is 0. The van der Waals surface area contributed by atoms with Crippen LogP contribution in [0, 0.1) is 5.92 Å². The molecule has 0 aliphatic rings. The molecule has 0 aliphatic carbocycles. The van der Waals surface area contributed by atoms with Gasteiger partial charge in [0, 0.05) is 0 Å². The molecule has 1 aromatic rings. The van der Waals surface area contributed by atoms with Crippen molar-refractivity contribution >= 4 is 18.0 Å². The zero-order valence-corrected chi connectivity index (χ0v) is 12.5. The quantitative estimate of drug-likeness (QED) is 0.570. The van der Waals surface area contributed by atoms with E-state index in [2.05, 4.69) is 0 Å². The first-order chi connectivity index (χ1) is 10.1. The van der Waals surface area contributed by atoms with Gasteiger partial charge in [-0.1, -0.05) is 24.3 Å². The number of hydrogen-bond acceptors (Lipinski definition) is 5. The van der Waals surface area contributed by atoms with Gasteiger partial charge < -0.3 is 14.2 Å². The van der Waals surface area contributed by atoms with Gasteiger partial charge in [0.25, 0.3) is 0 Å². The highest BCUT2D eigenvalue weighted by Gasteiger charge is 2.26. The number of carbonyl (C=O) groups is 2. The molecule has 21 heavy (non-hydrogen) atoms. The molecule has 0 bridgehead atoms. The Labute approximate surface area is 124 Å². The van der Waals surface area contributed by atoms with Gasteiger partial charge in [0.15, 0.2) is 5.92 Å². The van der Waals surface area contributed by atoms with Crippen LogP contribution in [0.2, 0.25) is 0 Å². The van der Waals surface area contributed by atoms with Crippen molar-refractivity contribution in [2.75, 3.05) is 20.3 Å². The lowest BCUT2D eigenvalue weighted by Gasteiger charge is -2.10. The maximum Gasteiger partial charge on any atom is 0.324 e. The summed E-state index contributed by atoms with van der Waals surface area (Å²) in [5.41, 5.74) is 0.842. The van der Waals surface area contributed by atoms with Crippen molar-refractivity contribution in [2.24, 2.45) is 5.92 Å².